The maximum atomic E-state index is 13.1. The van der Waals surface area contributed by atoms with Crippen LogP contribution < -0.4 is 4.90 Å². The second-order valence-electron chi connectivity index (χ2n) is 7.86. The molecule has 0 aromatic carbocycles. The number of aromatic nitrogens is 2. The molecule has 2 aliphatic rings. The molecular formula is C19H27N5O5S2. The minimum Gasteiger partial charge on any atom is -0.360 e. The van der Waals surface area contributed by atoms with Gasteiger partial charge in [0.15, 0.2) is 5.76 Å². The van der Waals surface area contributed by atoms with Gasteiger partial charge in [0.2, 0.25) is 20.0 Å². The number of sulfonamides is 2. The Morgan fingerprint density at radius 2 is 1.52 bits per heavy atom. The number of aryl methyl sites for hydroxylation is 2. The molecule has 2 aromatic heterocycles. The third kappa shape index (κ3) is 4.21. The third-order valence-corrected chi connectivity index (χ3v) is 9.79. The monoisotopic (exact) mass is 469 g/mol. The average Bonchev–Trinajstić information content (AvgIpc) is 3.32. The van der Waals surface area contributed by atoms with Crippen molar-refractivity contribution in [1.29, 1.82) is 0 Å². The molecule has 0 aliphatic carbocycles. The van der Waals surface area contributed by atoms with E-state index in [1.165, 1.54) is 14.8 Å². The molecule has 2 aromatic rings. The van der Waals surface area contributed by atoms with Crippen molar-refractivity contribution in [2.75, 3.05) is 44.2 Å². The van der Waals surface area contributed by atoms with Gasteiger partial charge >= 0.3 is 0 Å². The van der Waals surface area contributed by atoms with E-state index in [-0.39, 0.29) is 15.6 Å². The van der Waals surface area contributed by atoms with Crippen LogP contribution in [0.15, 0.2) is 32.6 Å². The van der Waals surface area contributed by atoms with Crippen LogP contribution in [-0.2, 0) is 20.0 Å². The summed E-state index contributed by atoms with van der Waals surface area (Å²) in [7, 11) is -7.20. The Bertz CT molecular complexity index is 1120. The van der Waals surface area contributed by atoms with Crippen LogP contribution in [-0.4, -0.2) is 74.9 Å². The van der Waals surface area contributed by atoms with Gasteiger partial charge in [-0.1, -0.05) is 5.16 Å². The summed E-state index contributed by atoms with van der Waals surface area (Å²) in [6.07, 6.45) is 3.78. The van der Waals surface area contributed by atoms with Gasteiger partial charge in [-0.2, -0.15) is 8.61 Å². The van der Waals surface area contributed by atoms with E-state index in [0.29, 0.717) is 57.2 Å². The van der Waals surface area contributed by atoms with Crippen LogP contribution in [0.1, 0.15) is 30.7 Å². The van der Waals surface area contributed by atoms with Crippen LogP contribution in [0.2, 0.25) is 0 Å². The molecule has 0 unspecified atom stereocenters. The SMILES string of the molecule is Cc1noc(C)c1S(=O)(=O)N1CCCN(c2ccc(S(=O)(=O)N3CCCC3)cn2)CC1. The van der Waals surface area contributed by atoms with Gasteiger partial charge in [-0.05, 0) is 45.2 Å². The highest BCUT2D eigenvalue weighted by Gasteiger charge is 2.32. The molecule has 31 heavy (non-hydrogen) atoms. The van der Waals surface area contributed by atoms with E-state index < -0.39 is 20.0 Å². The Kier molecular flexibility index (Phi) is 6.08. The molecule has 2 fully saturated rings. The molecule has 0 N–H and O–H groups in total. The van der Waals surface area contributed by atoms with E-state index in [0.717, 1.165) is 12.8 Å². The zero-order valence-electron chi connectivity index (χ0n) is 17.7. The number of pyridine rings is 1. The fourth-order valence-electron chi connectivity index (χ4n) is 4.12. The highest BCUT2D eigenvalue weighted by atomic mass is 32.2. The summed E-state index contributed by atoms with van der Waals surface area (Å²) in [4.78, 5) is 6.68. The van der Waals surface area contributed by atoms with Crippen molar-refractivity contribution >= 4 is 25.9 Å². The molecule has 170 valence electrons. The number of anilines is 1. The minimum atomic E-state index is -3.70. The van der Waals surface area contributed by atoms with E-state index in [9.17, 15) is 16.8 Å². The molecule has 4 heterocycles. The molecule has 0 saturated carbocycles. The number of hydrogen-bond donors (Lipinski definition) is 0. The van der Waals surface area contributed by atoms with Gasteiger partial charge in [0.25, 0.3) is 0 Å². The van der Waals surface area contributed by atoms with Gasteiger partial charge in [-0.25, -0.2) is 21.8 Å². The van der Waals surface area contributed by atoms with Crippen LogP contribution in [0.25, 0.3) is 0 Å². The van der Waals surface area contributed by atoms with Gasteiger partial charge in [0.05, 0.1) is 0 Å². The predicted octanol–water partition coefficient (Wildman–Crippen LogP) is 1.37. The van der Waals surface area contributed by atoms with Gasteiger partial charge < -0.3 is 9.42 Å². The molecule has 10 nitrogen and oxygen atoms in total. The van der Waals surface area contributed by atoms with Gasteiger partial charge in [0, 0.05) is 45.5 Å². The zero-order valence-corrected chi connectivity index (χ0v) is 19.3. The van der Waals surface area contributed by atoms with Crippen molar-refractivity contribution in [2.45, 2.75) is 42.9 Å². The van der Waals surface area contributed by atoms with E-state index >= 15 is 0 Å². The summed E-state index contributed by atoms with van der Waals surface area (Å²) in [6.45, 7) is 6.06. The summed E-state index contributed by atoms with van der Waals surface area (Å²) in [5.41, 5.74) is 0.357. The second-order valence-corrected chi connectivity index (χ2v) is 11.7. The maximum Gasteiger partial charge on any atom is 0.248 e. The van der Waals surface area contributed by atoms with E-state index in [1.807, 2.05) is 4.90 Å². The molecule has 0 radical (unpaired) electrons. The number of rotatable bonds is 5. The highest BCUT2D eigenvalue weighted by Crippen LogP contribution is 2.26. The largest absolute Gasteiger partial charge is 0.360 e. The summed E-state index contributed by atoms with van der Waals surface area (Å²) < 4.78 is 59.5. The van der Waals surface area contributed by atoms with Gasteiger partial charge in [-0.15, -0.1) is 0 Å². The molecule has 0 atom stereocenters. The van der Waals surface area contributed by atoms with Crippen LogP contribution in [0.5, 0.6) is 0 Å². The lowest BCUT2D eigenvalue weighted by Crippen LogP contribution is -2.35. The standard InChI is InChI=1S/C19H27N5O5S2/c1-15-19(16(2)29-21-15)31(27,28)24-11-5-8-22(12-13-24)18-7-6-17(14-20-18)30(25,26)23-9-3-4-10-23/h6-7,14H,3-5,8-13H2,1-2H3. The zero-order chi connectivity index (χ0) is 22.2. The van der Waals surface area contributed by atoms with Crippen LogP contribution in [0, 0.1) is 13.8 Å². The van der Waals surface area contributed by atoms with E-state index in [1.54, 1.807) is 26.0 Å². The molecule has 12 heteroatoms. The van der Waals surface area contributed by atoms with Crippen molar-refractivity contribution in [3.63, 3.8) is 0 Å². The Labute approximate surface area is 182 Å². The fourth-order valence-corrected chi connectivity index (χ4v) is 7.35. The highest BCUT2D eigenvalue weighted by molar-refractivity contribution is 7.89. The van der Waals surface area contributed by atoms with Crippen molar-refractivity contribution in [1.82, 2.24) is 18.8 Å². The summed E-state index contributed by atoms with van der Waals surface area (Å²) in [5.74, 6) is 0.923. The number of nitrogens with zero attached hydrogens (tertiary/aromatic N) is 5. The Morgan fingerprint density at radius 3 is 2.13 bits per heavy atom. The first-order valence-corrected chi connectivity index (χ1v) is 13.2. The fraction of sp³-hybridized carbons (Fsp3) is 0.579. The van der Waals surface area contributed by atoms with Crippen LogP contribution in [0.4, 0.5) is 5.82 Å². The topological polar surface area (TPSA) is 117 Å². The van der Waals surface area contributed by atoms with Crippen molar-refractivity contribution in [3.8, 4) is 0 Å². The molecule has 0 amide bonds. The van der Waals surface area contributed by atoms with Crippen molar-refractivity contribution < 1.29 is 21.4 Å². The summed E-state index contributed by atoms with van der Waals surface area (Å²) >= 11 is 0. The molecule has 0 bridgehead atoms. The van der Waals surface area contributed by atoms with E-state index in [4.69, 9.17) is 4.52 Å². The first-order valence-electron chi connectivity index (χ1n) is 10.4. The Morgan fingerprint density at radius 1 is 0.839 bits per heavy atom. The molecule has 2 saturated heterocycles. The normalized spacial score (nSPS) is 19.6. The first kappa shape index (κ1) is 22.2. The lowest BCUT2D eigenvalue weighted by molar-refractivity contribution is 0.389. The second kappa shape index (κ2) is 8.49. The van der Waals surface area contributed by atoms with Crippen molar-refractivity contribution in [2.24, 2.45) is 0 Å². The van der Waals surface area contributed by atoms with Gasteiger partial charge in [-0.3, -0.25) is 0 Å². The minimum absolute atomic E-state index is 0.135. The lowest BCUT2D eigenvalue weighted by atomic mass is 10.3. The average molecular weight is 470 g/mol. The summed E-state index contributed by atoms with van der Waals surface area (Å²) in [5, 5.41) is 3.77. The van der Waals surface area contributed by atoms with Crippen molar-refractivity contribution in [3.05, 3.63) is 29.8 Å². The first-order chi connectivity index (χ1) is 14.7. The molecule has 0 spiro atoms. The summed E-state index contributed by atoms with van der Waals surface area (Å²) in [6, 6.07) is 3.28. The van der Waals surface area contributed by atoms with Crippen LogP contribution >= 0.6 is 0 Å². The predicted molar refractivity (Wildman–Crippen MR) is 114 cm³/mol. The lowest BCUT2D eigenvalue weighted by Gasteiger charge is -2.23. The number of hydrogen-bond acceptors (Lipinski definition) is 8. The third-order valence-electron chi connectivity index (χ3n) is 5.77. The quantitative estimate of drug-likeness (QED) is 0.645. The molecule has 4 rings (SSSR count). The molecular weight excluding hydrogens is 442 g/mol. The smallest absolute Gasteiger partial charge is 0.248 e. The van der Waals surface area contributed by atoms with E-state index in [2.05, 4.69) is 10.1 Å². The Balaban J connectivity index is 1.48. The molecule has 2 aliphatic heterocycles. The maximum absolute atomic E-state index is 13.1. The van der Waals surface area contributed by atoms with Crippen LogP contribution in [0.3, 0.4) is 0 Å². The van der Waals surface area contributed by atoms with Gasteiger partial charge in [0.1, 0.15) is 21.3 Å². The Hall–Kier alpha value is -2.02.